The lowest BCUT2D eigenvalue weighted by Crippen LogP contribution is -2.16. The zero-order valence-electron chi connectivity index (χ0n) is 8.37. The lowest BCUT2D eigenvalue weighted by atomic mass is 9.99. The van der Waals surface area contributed by atoms with Gasteiger partial charge in [0.05, 0.1) is 12.8 Å². The van der Waals surface area contributed by atoms with Crippen molar-refractivity contribution < 1.29 is 4.74 Å². The molecule has 0 spiro atoms. The Hall–Kier alpha value is -1.25. The Kier molecular flexibility index (Phi) is 2.76. The van der Waals surface area contributed by atoms with Crippen LogP contribution in [0, 0.1) is 5.41 Å². The smallest absolute Gasteiger partial charge is 0.137 e. The van der Waals surface area contributed by atoms with E-state index >= 15 is 0 Å². The minimum absolute atomic E-state index is 0.168. The van der Waals surface area contributed by atoms with E-state index in [1.54, 1.807) is 12.3 Å². The van der Waals surface area contributed by atoms with Gasteiger partial charge in [0.15, 0.2) is 0 Å². The first-order valence-corrected chi connectivity index (χ1v) is 4.32. The maximum atomic E-state index is 5.51. The molecule has 1 heterocycles. The second-order valence-corrected chi connectivity index (χ2v) is 4.27. The van der Waals surface area contributed by atoms with Crippen LogP contribution in [-0.2, 0) is 0 Å². The third-order valence-corrected chi connectivity index (χ3v) is 1.43. The lowest BCUT2D eigenvalue weighted by Gasteiger charge is -2.18. The van der Waals surface area contributed by atoms with Crippen molar-refractivity contribution in [3.63, 3.8) is 0 Å². The van der Waals surface area contributed by atoms with E-state index in [1.807, 2.05) is 6.07 Å². The van der Waals surface area contributed by atoms with Crippen LogP contribution < -0.4 is 10.5 Å². The summed E-state index contributed by atoms with van der Waals surface area (Å²) >= 11 is 0. The Balaban J connectivity index is 2.51. The highest BCUT2D eigenvalue weighted by molar-refractivity contribution is 5.32. The number of pyridine rings is 1. The van der Waals surface area contributed by atoms with E-state index in [-0.39, 0.29) is 5.41 Å². The van der Waals surface area contributed by atoms with Gasteiger partial charge in [0, 0.05) is 0 Å². The monoisotopic (exact) mass is 180 g/mol. The van der Waals surface area contributed by atoms with E-state index in [2.05, 4.69) is 25.8 Å². The minimum atomic E-state index is 0.168. The quantitative estimate of drug-likeness (QED) is 0.758. The van der Waals surface area contributed by atoms with Crippen molar-refractivity contribution in [2.45, 2.75) is 20.8 Å². The van der Waals surface area contributed by atoms with Crippen molar-refractivity contribution >= 4 is 5.82 Å². The molecule has 3 heteroatoms. The first-order valence-electron chi connectivity index (χ1n) is 4.32. The maximum Gasteiger partial charge on any atom is 0.137 e. The second-order valence-electron chi connectivity index (χ2n) is 4.27. The average molecular weight is 180 g/mol. The molecule has 0 unspecified atom stereocenters. The minimum Gasteiger partial charge on any atom is -0.491 e. The number of ether oxygens (including phenoxy) is 1. The average Bonchev–Trinajstić information content (AvgIpc) is 2.02. The molecular formula is C10H16N2O. The van der Waals surface area contributed by atoms with Crippen LogP contribution in [0.25, 0.3) is 0 Å². The van der Waals surface area contributed by atoms with Gasteiger partial charge in [-0.05, 0) is 17.5 Å². The SMILES string of the molecule is CC(C)(C)COc1ccc(N)nc1. The van der Waals surface area contributed by atoms with Crippen LogP contribution in [-0.4, -0.2) is 11.6 Å². The van der Waals surface area contributed by atoms with E-state index in [0.717, 1.165) is 5.75 Å². The van der Waals surface area contributed by atoms with E-state index in [4.69, 9.17) is 10.5 Å². The van der Waals surface area contributed by atoms with Gasteiger partial charge in [0.2, 0.25) is 0 Å². The first-order chi connectivity index (χ1) is 5.97. The van der Waals surface area contributed by atoms with Crippen molar-refractivity contribution in [1.29, 1.82) is 0 Å². The van der Waals surface area contributed by atoms with Crippen LogP contribution >= 0.6 is 0 Å². The summed E-state index contributed by atoms with van der Waals surface area (Å²) in [5.74, 6) is 1.28. The molecule has 0 atom stereocenters. The fourth-order valence-electron chi connectivity index (χ4n) is 0.777. The summed E-state index contributed by atoms with van der Waals surface area (Å²) < 4.78 is 5.51. The number of hydrogen-bond donors (Lipinski definition) is 1. The molecule has 72 valence electrons. The van der Waals surface area contributed by atoms with Gasteiger partial charge in [0.25, 0.3) is 0 Å². The van der Waals surface area contributed by atoms with Gasteiger partial charge in [-0.2, -0.15) is 0 Å². The molecule has 3 nitrogen and oxygen atoms in total. The van der Waals surface area contributed by atoms with Crippen molar-refractivity contribution in [1.82, 2.24) is 4.98 Å². The number of nitrogens with zero attached hydrogens (tertiary/aromatic N) is 1. The topological polar surface area (TPSA) is 48.1 Å². The maximum absolute atomic E-state index is 5.51. The largest absolute Gasteiger partial charge is 0.491 e. The Morgan fingerprint density at radius 1 is 1.38 bits per heavy atom. The van der Waals surface area contributed by atoms with E-state index < -0.39 is 0 Å². The van der Waals surface area contributed by atoms with E-state index in [0.29, 0.717) is 12.4 Å². The van der Waals surface area contributed by atoms with Gasteiger partial charge in [-0.1, -0.05) is 20.8 Å². The summed E-state index contributed by atoms with van der Waals surface area (Å²) in [4.78, 5) is 3.93. The normalized spacial score (nSPS) is 11.3. The van der Waals surface area contributed by atoms with Crippen molar-refractivity contribution in [2.24, 2.45) is 5.41 Å². The molecule has 1 aromatic rings. The summed E-state index contributed by atoms with van der Waals surface area (Å²) in [7, 11) is 0. The summed E-state index contributed by atoms with van der Waals surface area (Å²) in [6.07, 6.45) is 1.64. The molecule has 0 amide bonds. The van der Waals surface area contributed by atoms with Gasteiger partial charge >= 0.3 is 0 Å². The Labute approximate surface area is 78.9 Å². The number of aromatic nitrogens is 1. The molecule has 2 N–H and O–H groups in total. The van der Waals surface area contributed by atoms with Crippen LogP contribution in [0.2, 0.25) is 0 Å². The summed E-state index contributed by atoms with van der Waals surface area (Å²) in [6.45, 7) is 7.05. The molecular weight excluding hydrogens is 164 g/mol. The molecule has 0 aromatic carbocycles. The van der Waals surface area contributed by atoms with Gasteiger partial charge in [-0.3, -0.25) is 0 Å². The highest BCUT2D eigenvalue weighted by Gasteiger charge is 2.10. The zero-order chi connectivity index (χ0) is 9.90. The van der Waals surface area contributed by atoms with E-state index in [9.17, 15) is 0 Å². The zero-order valence-corrected chi connectivity index (χ0v) is 8.37. The van der Waals surface area contributed by atoms with Gasteiger partial charge < -0.3 is 10.5 Å². The van der Waals surface area contributed by atoms with Crippen molar-refractivity contribution in [2.75, 3.05) is 12.3 Å². The van der Waals surface area contributed by atoms with Crippen LogP contribution in [0.4, 0.5) is 5.82 Å². The number of hydrogen-bond acceptors (Lipinski definition) is 3. The standard InChI is InChI=1S/C10H16N2O/c1-10(2,3)7-13-8-4-5-9(11)12-6-8/h4-6H,7H2,1-3H3,(H2,11,12). The lowest BCUT2D eigenvalue weighted by molar-refractivity contribution is 0.197. The fraction of sp³-hybridized carbons (Fsp3) is 0.500. The van der Waals surface area contributed by atoms with Crippen LogP contribution in [0.5, 0.6) is 5.75 Å². The second kappa shape index (κ2) is 3.64. The summed E-state index contributed by atoms with van der Waals surface area (Å²) in [5, 5.41) is 0. The molecule has 0 aliphatic heterocycles. The molecule has 0 saturated carbocycles. The van der Waals surface area contributed by atoms with Gasteiger partial charge in [-0.15, -0.1) is 0 Å². The predicted molar refractivity (Wildman–Crippen MR) is 53.6 cm³/mol. The number of nitrogen functional groups attached to an aromatic ring is 1. The van der Waals surface area contributed by atoms with Gasteiger partial charge in [-0.25, -0.2) is 4.98 Å². The molecule has 0 bridgehead atoms. The van der Waals surface area contributed by atoms with E-state index in [1.165, 1.54) is 0 Å². The molecule has 0 fully saturated rings. The molecule has 0 saturated heterocycles. The third-order valence-electron chi connectivity index (χ3n) is 1.43. The Morgan fingerprint density at radius 2 is 2.08 bits per heavy atom. The molecule has 1 rings (SSSR count). The third kappa shape index (κ3) is 3.78. The van der Waals surface area contributed by atoms with Crippen molar-refractivity contribution in [3.05, 3.63) is 18.3 Å². The van der Waals surface area contributed by atoms with Crippen LogP contribution in [0.3, 0.4) is 0 Å². The molecule has 13 heavy (non-hydrogen) atoms. The molecule has 1 aromatic heterocycles. The molecule has 0 radical (unpaired) electrons. The first kappa shape index (κ1) is 9.84. The number of nitrogens with two attached hydrogens (primary N) is 1. The number of anilines is 1. The van der Waals surface area contributed by atoms with Crippen LogP contribution in [0.15, 0.2) is 18.3 Å². The Bertz CT molecular complexity index is 261. The summed E-state index contributed by atoms with van der Waals surface area (Å²) in [6, 6.07) is 3.56. The van der Waals surface area contributed by atoms with Crippen molar-refractivity contribution in [3.8, 4) is 5.75 Å². The number of rotatable bonds is 2. The summed E-state index contributed by atoms with van der Waals surface area (Å²) in [5.41, 5.74) is 5.61. The highest BCUT2D eigenvalue weighted by atomic mass is 16.5. The molecule has 0 aliphatic rings. The van der Waals surface area contributed by atoms with Gasteiger partial charge in [0.1, 0.15) is 11.6 Å². The molecule has 0 aliphatic carbocycles. The predicted octanol–water partition coefficient (Wildman–Crippen LogP) is 2.09. The fourth-order valence-corrected chi connectivity index (χ4v) is 0.777. The van der Waals surface area contributed by atoms with Crippen LogP contribution in [0.1, 0.15) is 20.8 Å². The Morgan fingerprint density at radius 3 is 2.54 bits per heavy atom. The highest BCUT2D eigenvalue weighted by Crippen LogP contribution is 2.17.